The molecule has 1 amide bonds. The van der Waals surface area contributed by atoms with Gasteiger partial charge in [0.25, 0.3) is 11.5 Å². The molecule has 2 aliphatic heterocycles. The van der Waals surface area contributed by atoms with Gasteiger partial charge >= 0.3 is 0 Å². The molecule has 0 bridgehead atoms. The van der Waals surface area contributed by atoms with E-state index in [4.69, 9.17) is 4.98 Å². The Labute approximate surface area is 189 Å². The van der Waals surface area contributed by atoms with Crippen LogP contribution in [0, 0.1) is 5.92 Å². The second kappa shape index (κ2) is 9.53. The number of amides is 1. The van der Waals surface area contributed by atoms with Crippen molar-refractivity contribution < 1.29 is 4.79 Å². The summed E-state index contributed by atoms with van der Waals surface area (Å²) in [6, 6.07) is 3.32. The number of likely N-dealkylation sites (tertiary alicyclic amines) is 1. The van der Waals surface area contributed by atoms with Crippen LogP contribution in [0.2, 0.25) is 0 Å². The number of hydrogen-bond acceptors (Lipinski definition) is 5. The van der Waals surface area contributed by atoms with Crippen molar-refractivity contribution in [2.75, 3.05) is 19.6 Å². The molecule has 1 atom stereocenters. The number of nitrogens with one attached hydrogen (secondary N) is 1. The predicted molar refractivity (Wildman–Crippen MR) is 122 cm³/mol. The van der Waals surface area contributed by atoms with Crippen LogP contribution >= 0.6 is 0 Å². The highest BCUT2D eigenvalue weighted by molar-refractivity contribution is 5.94. The number of carbonyl (C=O) groups excluding carboxylic acids is 1. The van der Waals surface area contributed by atoms with Crippen molar-refractivity contribution in [2.45, 2.75) is 70.4 Å². The van der Waals surface area contributed by atoms with E-state index in [0.29, 0.717) is 24.5 Å². The van der Waals surface area contributed by atoms with E-state index in [-0.39, 0.29) is 17.5 Å². The van der Waals surface area contributed by atoms with Crippen LogP contribution in [0.3, 0.4) is 0 Å². The highest BCUT2D eigenvalue weighted by Crippen LogP contribution is 2.31. The Morgan fingerprint density at radius 3 is 2.62 bits per heavy atom. The SMILES string of the molecule is O=C(c1ccncc1)N1CCCCC1c1nc2c(c(=O)[nH]1)CN(CC1CCCCC1)CC2. The average Bonchev–Trinajstić information content (AvgIpc) is 2.85. The lowest BCUT2D eigenvalue weighted by Gasteiger charge is -2.36. The molecule has 1 N–H and O–H groups in total. The Balaban J connectivity index is 1.35. The first kappa shape index (κ1) is 21.3. The van der Waals surface area contributed by atoms with Crippen LogP contribution in [-0.4, -0.2) is 50.3 Å². The van der Waals surface area contributed by atoms with Gasteiger partial charge < -0.3 is 9.88 Å². The minimum atomic E-state index is -0.178. The van der Waals surface area contributed by atoms with Crippen LogP contribution in [0.5, 0.6) is 0 Å². The van der Waals surface area contributed by atoms with E-state index in [2.05, 4.69) is 14.9 Å². The van der Waals surface area contributed by atoms with Crippen LogP contribution in [0.4, 0.5) is 0 Å². The number of nitrogens with zero attached hydrogens (tertiary/aromatic N) is 4. The Morgan fingerprint density at radius 2 is 1.81 bits per heavy atom. The van der Waals surface area contributed by atoms with E-state index in [1.807, 2.05) is 4.90 Å². The highest BCUT2D eigenvalue weighted by Gasteiger charge is 2.32. The van der Waals surface area contributed by atoms with E-state index < -0.39 is 0 Å². The summed E-state index contributed by atoms with van der Waals surface area (Å²) in [5.41, 5.74) is 2.34. The second-order valence-corrected chi connectivity index (χ2v) is 9.61. The first-order valence-corrected chi connectivity index (χ1v) is 12.2. The number of H-pyrrole nitrogens is 1. The van der Waals surface area contributed by atoms with E-state index in [1.165, 1.54) is 32.1 Å². The van der Waals surface area contributed by atoms with Crippen molar-refractivity contribution in [3.63, 3.8) is 0 Å². The van der Waals surface area contributed by atoms with Crippen LogP contribution in [0.25, 0.3) is 0 Å². The fraction of sp³-hybridized carbons (Fsp3) is 0.600. The summed E-state index contributed by atoms with van der Waals surface area (Å²) in [5.74, 6) is 1.40. The van der Waals surface area contributed by atoms with E-state index in [0.717, 1.165) is 55.9 Å². The summed E-state index contributed by atoms with van der Waals surface area (Å²) in [5, 5.41) is 0. The van der Waals surface area contributed by atoms with Crippen LogP contribution < -0.4 is 5.56 Å². The number of fused-ring (bicyclic) bond motifs is 1. The van der Waals surface area contributed by atoms with Crippen molar-refractivity contribution in [2.24, 2.45) is 5.92 Å². The standard InChI is InChI=1S/C25H33N5O2/c31-24-20-17-29(16-18-6-2-1-3-7-18)15-11-21(20)27-23(28-24)22-8-4-5-14-30(22)25(32)19-9-12-26-13-10-19/h9-10,12-13,18,22H,1-8,11,14-17H2,(H,27,28,31). The molecule has 3 aliphatic rings. The molecule has 1 aliphatic carbocycles. The molecule has 0 aromatic carbocycles. The summed E-state index contributed by atoms with van der Waals surface area (Å²) in [6.07, 6.45) is 13.6. The maximum absolute atomic E-state index is 13.2. The zero-order valence-corrected chi connectivity index (χ0v) is 18.8. The fourth-order valence-corrected chi connectivity index (χ4v) is 5.67. The number of carbonyl (C=O) groups is 1. The molecule has 0 radical (unpaired) electrons. The second-order valence-electron chi connectivity index (χ2n) is 9.61. The molecular weight excluding hydrogens is 402 g/mol. The zero-order valence-electron chi connectivity index (χ0n) is 18.8. The lowest BCUT2D eigenvalue weighted by molar-refractivity contribution is 0.0598. The normalized spacial score (nSPS) is 22.5. The third-order valence-electron chi connectivity index (χ3n) is 7.41. The minimum Gasteiger partial charge on any atom is -0.328 e. The molecule has 7 nitrogen and oxygen atoms in total. The smallest absolute Gasteiger partial charge is 0.255 e. The van der Waals surface area contributed by atoms with E-state index >= 15 is 0 Å². The molecule has 1 unspecified atom stereocenters. The number of piperidine rings is 1. The summed E-state index contributed by atoms with van der Waals surface area (Å²) in [7, 11) is 0. The maximum Gasteiger partial charge on any atom is 0.255 e. The molecule has 1 saturated heterocycles. The summed E-state index contributed by atoms with van der Waals surface area (Å²) in [6.45, 7) is 3.43. The quantitative estimate of drug-likeness (QED) is 0.795. The number of aromatic nitrogens is 3. The Bertz CT molecular complexity index is 999. The first-order valence-electron chi connectivity index (χ1n) is 12.2. The van der Waals surface area contributed by atoms with Gasteiger partial charge in [-0.3, -0.25) is 19.5 Å². The average molecular weight is 436 g/mol. The van der Waals surface area contributed by atoms with Gasteiger partial charge in [-0.25, -0.2) is 4.98 Å². The number of hydrogen-bond donors (Lipinski definition) is 1. The molecule has 32 heavy (non-hydrogen) atoms. The molecule has 4 heterocycles. The van der Waals surface area contributed by atoms with Gasteiger partial charge in [0, 0.05) is 50.6 Å². The lowest BCUT2D eigenvalue weighted by Crippen LogP contribution is -2.42. The Morgan fingerprint density at radius 1 is 1.03 bits per heavy atom. The van der Waals surface area contributed by atoms with Gasteiger partial charge in [-0.15, -0.1) is 0 Å². The lowest BCUT2D eigenvalue weighted by atomic mass is 9.88. The largest absolute Gasteiger partial charge is 0.328 e. The molecule has 1 saturated carbocycles. The van der Waals surface area contributed by atoms with Crippen molar-refractivity contribution >= 4 is 5.91 Å². The van der Waals surface area contributed by atoms with Crippen molar-refractivity contribution in [3.8, 4) is 0 Å². The molecule has 2 fully saturated rings. The van der Waals surface area contributed by atoms with Gasteiger partial charge in [0.2, 0.25) is 0 Å². The van der Waals surface area contributed by atoms with Crippen molar-refractivity contribution in [1.82, 2.24) is 24.8 Å². The first-order chi connectivity index (χ1) is 15.7. The molecule has 2 aromatic heterocycles. The fourth-order valence-electron chi connectivity index (χ4n) is 5.67. The Kier molecular flexibility index (Phi) is 6.35. The van der Waals surface area contributed by atoms with Crippen LogP contribution in [0.15, 0.2) is 29.3 Å². The Hall–Kier alpha value is -2.54. The van der Waals surface area contributed by atoms with Gasteiger partial charge in [-0.1, -0.05) is 19.3 Å². The van der Waals surface area contributed by atoms with Crippen molar-refractivity contribution in [1.29, 1.82) is 0 Å². The third-order valence-corrected chi connectivity index (χ3v) is 7.41. The van der Waals surface area contributed by atoms with Crippen LogP contribution in [0.1, 0.15) is 84.8 Å². The van der Waals surface area contributed by atoms with Gasteiger partial charge in [0.05, 0.1) is 17.3 Å². The van der Waals surface area contributed by atoms with Crippen LogP contribution in [-0.2, 0) is 13.0 Å². The monoisotopic (exact) mass is 435 g/mol. The summed E-state index contributed by atoms with van der Waals surface area (Å²) >= 11 is 0. The van der Waals surface area contributed by atoms with Gasteiger partial charge in [-0.05, 0) is 50.2 Å². The highest BCUT2D eigenvalue weighted by atomic mass is 16.2. The predicted octanol–water partition coefficient (Wildman–Crippen LogP) is 3.47. The van der Waals surface area contributed by atoms with Gasteiger partial charge in [0.1, 0.15) is 5.82 Å². The van der Waals surface area contributed by atoms with Gasteiger partial charge in [0.15, 0.2) is 0 Å². The topological polar surface area (TPSA) is 82.2 Å². The third kappa shape index (κ3) is 4.49. The molecule has 170 valence electrons. The molecular formula is C25H33N5O2. The zero-order chi connectivity index (χ0) is 21.9. The maximum atomic E-state index is 13.2. The molecule has 0 spiro atoms. The summed E-state index contributed by atoms with van der Waals surface area (Å²) in [4.78, 5) is 42.6. The van der Waals surface area contributed by atoms with Gasteiger partial charge in [-0.2, -0.15) is 0 Å². The molecule has 5 rings (SSSR count). The summed E-state index contributed by atoms with van der Waals surface area (Å²) < 4.78 is 0. The van der Waals surface area contributed by atoms with E-state index in [1.54, 1.807) is 24.5 Å². The van der Waals surface area contributed by atoms with Crippen molar-refractivity contribution in [3.05, 3.63) is 57.5 Å². The number of pyridine rings is 1. The number of aromatic amines is 1. The molecule has 7 heteroatoms. The molecule has 2 aromatic rings. The minimum absolute atomic E-state index is 0.0175. The number of rotatable bonds is 4. The van der Waals surface area contributed by atoms with E-state index in [9.17, 15) is 9.59 Å².